The van der Waals surface area contributed by atoms with Crippen LogP contribution in [-0.4, -0.2) is 29.8 Å². The largest absolute Gasteiger partial charge is 0.490 e. The summed E-state index contributed by atoms with van der Waals surface area (Å²) in [6, 6.07) is 18.5. The van der Waals surface area contributed by atoms with Gasteiger partial charge in [-0.3, -0.25) is 4.79 Å². The molecule has 0 spiro atoms. The topological polar surface area (TPSA) is 58.6 Å². The smallest absolute Gasteiger partial charge is 0.252 e. The van der Waals surface area contributed by atoms with E-state index in [0.29, 0.717) is 5.75 Å². The fraction of sp³-hybridized carbons (Fsp3) is 0.278. The zero-order valence-corrected chi connectivity index (χ0v) is 14.0. The normalized spacial score (nSPS) is 11.2. The van der Waals surface area contributed by atoms with E-state index in [2.05, 4.69) is 5.32 Å². The van der Waals surface area contributed by atoms with Crippen LogP contribution in [0, 0.1) is 0 Å². The maximum absolute atomic E-state index is 11.3. The number of halogens is 1. The number of aliphatic hydroxyl groups excluding tert-OH is 1. The second-order valence-corrected chi connectivity index (χ2v) is 5.54. The Morgan fingerprint density at radius 3 is 2.04 bits per heavy atom. The van der Waals surface area contributed by atoms with Crippen molar-refractivity contribution in [2.24, 2.45) is 0 Å². The predicted molar refractivity (Wildman–Crippen MR) is 92.7 cm³/mol. The van der Waals surface area contributed by atoms with Crippen molar-refractivity contribution in [1.82, 2.24) is 5.32 Å². The molecule has 0 saturated carbocycles. The van der Waals surface area contributed by atoms with Crippen LogP contribution in [0.25, 0.3) is 0 Å². The molecule has 23 heavy (non-hydrogen) atoms. The van der Waals surface area contributed by atoms with E-state index in [-0.39, 0.29) is 12.6 Å². The third kappa shape index (κ3) is 8.86. The van der Waals surface area contributed by atoms with E-state index < -0.39 is 12.0 Å². The molecule has 0 aromatic heterocycles. The Morgan fingerprint density at radius 2 is 1.61 bits per heavy atom. The number of amides is 1. The van der Waals surface area contributed by atoms with E-state index in [1.807, 2.05) is 62.4 Å². The van der Waals surface area contributed by atoms with Crippen molar-refractivity contribution in [1.29, 1.82) is 0 Å². The highest BCUT2D eigenvalue weighted by atomic mass is 35.5. The Morgan fingerprint density at radius 1 is 1.09 bits per heavy atom. The van der Waals surface area contributed by atoms with Crippen LogP contribution in [0.4, 0.5) is 0 Å². The second-order valence-electron chi connectivity index (χ2n) is 5.10. The zero-order chi connectivity index (χ0) is 17.1. The lowest BCUT2D eigenvalue weighted by atomic mass is 10.3. The van der Waals surface area contributed by atoms with Crippen LogP contribution < -0.4 is 10.1 Å². The third-order valence-electron chi connectivity index (χ3n) is 2.62. The van der Waals surface area contributed by atoms with Crippen LogP contribution in [0.15, 0.2) is 60.7 Å². The van der Waals surface area contributed by atoms with Crippen molar-refractivity contribution in [2.45, 2.75) is 26.0 Å². The summed E-state index contributed by atoms with van der Waals surface area (Å²) in [5, 5.41) is 12.9. The lowest BCUT2D eigenvalue weighted by Gasteiger charge is -2.14. The number of rotatable bonds is 5. The van der Waals surface area contributed by atoms with Crippen molar-refractivity contribution >= 4 is 17.5 Å². The maximum atomic E-state index is 11.3. The third-order valence-corrected chi connectivity index (χ3v) is 2.87. The number of hydrogen-bond acceptors (Lipinski definition) is 3. The fourth-order valence-electron chi connectivity index (χ4n) is 1.56. The Hall–Kier alpha value is -2.04. The predicted octanol–water partition coefficient (Wildman–Crippen LogP) is 3.29. The first-order valence-electron chi connectivity index (χ1n) is 7.36. The Labute approximate surface area is 142 Å². The Kier molecular flexibility index (Phi) is 8.80. The molecule has 0 aliphatic heterocycles. The highest BCUT2D eigenvalue weighted by molar-refractivity contribution is 6.30. The van der Waals surface area contributed by atoms with Gasteiger partial charge in [-0.15, -0.1) is 0 Å². The number of carbonyl (C=O) groups is 1. The highest BCUT2D eigenvalue weighted by Crippen LogP contribution is 2.08. The van der Waals surface area contributed by atoms with Gasteiger partial charge >= 0.3 is 0 Å². The molecule has 2 aromatic carbocycles. The van der Waals surface area contributed by atoms with Gasteiger partial charge in [-0.1, -0.05) is 48.0 Å². The second kappa shape index (κ2) is 10.6. The van der Waals surface area contributed by atoms with Crippen LogP contribution in [0.5, 0.6) is 5.75 Å². The SMILES string of the molecule is CC(C)NC(=O)C(O)COc1ccccc1.Clc1ccccc1. The van der Waals surface area contributed by atoms with Crippen LogP contribution in [0.1, 0.15) is 13.8 Å². The van der Waals surface area contributed by atoms with Crippen molar-refractivity contribution in [2.75, 3.05) is 6.61 Å². The Balaban J connectivity index is 0.000000313. The van der Waals surface area contributed by atoms with Crippen molar-refractivity contribution in [3.05, 3.63) is 65.7 Å². The standard InChI is InChI=1S/C12H17NO3.C6H5Cl/c1-9(2)13-12(15)11(14)8-16-10-6-4-3-5-7-10;7-6-4-2-1-3-5-6/h3-7,9,11,14H,8H2,1-2H3,(H,13,15);1-5H. The molecule has 0 bridgehead atoms. The van der Waals surface area contributed by atoms with E-state index in [4.69, 9.17) is 16.3 Å². The minimum atomic E-state index is -1.14. The van der Waals surface area contributed by atoms with Gasteiger partial charge in [0.15, 0.2) is 6.10 Å². The molecule has 0 heterocycles. The quantitative estimate of drug-likeness (QED) is 0.881. The molecule has 5 heteroatoms. The van der Waals surface area contributed by atoms with Crippen molar-refractivity contribution in [3.63, 3.8) is 0 Å². The summed E-state index contributed by atoms with van der Waals surface area (Å²) in [5.41, 5.74) is 0. The molecule has 1 atom stereocenters. The number of benzene rings is 2. The molecule has 2 rings (SSSR count). The van der Waals surface area contributed by atoms with Gasteiger partial charge in [0.1, 0.15) is 12.4 Å². The molecule has 0 aliphatic carbocycles. The number of carbonyl (C=O) groups excluding carboxylic acids is 1. The van der Waals surface area contributed by atoms with E-state index >= 15 is 0 Å². The minimum absolute atomic E-state index is 0.0128. The average Bonchev–Trinajstić information content (AvgIpc) is 2.54. The van der Waals surface area contributed by atoms with Gasteiger partial charge in [0, 0.05) is 11.1 Å². The first kappa shape index (κ1) is 19.0. The molecule has 2 N–H and O–H groups in total. The molecule has 1 unspecified atom stereocenters. The summed E-state index contributed by atoms with van der Waals surface area (Å²) >= 11 is 5.54. The first-order valence-corrected chi connectivity index (χ1v) is 7.73. The molecular formula is C18H22ClNO3. The number of ether oxygens (including phenoxy) is 1. The number of hydrogen-bond donors (Lipinski definition) is 2. The van der Waals surface area contributed by atoms with Gasteiger partial charge in [-0.25, -0.2) is 0 Å². The lowest BCUT2D eigenvalue weighted by molar-refractivity contribution is -0.131. The first-order chi connectivity index (χ1) is 11.0. The molecule has 0 radical (unpaired) electrons. The summed E-state index contributed by atoms with van der Waals surface area (Å²) in [7, 11) is 0. The van der Waals surface area contributed by atoms with Gasteiger partial charge in [0.2, 0.25) is 0 Å². The maximum Gasteiger partial charge on any atom is 0.252 e. The van der Waals surface area contributed by atoms with Gasteiger partial charge in [0.05, 0.1) is 0 Å². The van der Waals surface area contributed by atoms with Gasteiger partial charge < -0.3 is 15.2 Å². The lowest BCUT2D eigenvalue weighted by Crippen LogP contribution is -2.41. The number of aliphatic hydroxyl groups is 1. The van der Waals surface area contributed by atoms with Crippen LogP contribution in [0.2, 0.25) is 5.02 Å². The zero-order valence-electron chi connectivity index (χ0n) is 13.3. The monoisotopic (exact) mass is 335 g/mol. The van der Waals surface area contributed by atoms with E-state index in [0.717, 1.165) is 5.02 Å². The van der Waals surface area contributed by atoms with Gasteiger partial charge in [0.25, 0.3) is 5.91 Å². The number of nitrogens with one attached hydrogen (secondary N) is 1. The summed E-state index contributed by atoms with van der Waals surface area (Å²) in [6.45, 7) is 3.63. The van der Waals surface area contributed by atoms with E-state index in [9.17, 15) is 9.90 Å². The number of para-hydroxylation sites is 1. The highest BCUT2D eigenvalue weighted by Gasteiger charge is 2.16. The van der Waals surface area contributed by atoms with Crippen molar-refractivity contribution in [3.8, 4) is 5.75 Å². The molecule has 0 fully saturated rings. The van der Waals surface area contributed by atoms with Crippen molar-refractivity contribution < 1.29 is 14.6 Å². The van der Waals surface area contributed by atoms with Crippen LogP contribution in [0.3, 0.4) is 0 Å². The summed E-state index contributed by atoms with van der Waals surface area (Å²) < 4.78 is 5.26. The molecule has 124 valence electrons. The molecule has 0 saturated heterocycles. The molecule has 4 nitrogen and oxygen atoms in total. The van der Waals surface area contributed by atoms with Crippen LogP contribution in [-0.2, 0) is 4.79 Å². The summed E-state index contributed by atoms with van der Waals surface area (Å²) in [5.74, 6) is 0.227. The van der Waals surface area contributed by atoms with Gasteiger partial charge in [-0.2, -0.15) is 0 Å². The minimum Gasteiger partial charge on any atom is -0.490 e. The van der Waals surface area contributed by atoms with Gasteiger partial charge in [-0.05, 0) is 38.1 Å². The molecule has 2 aromatic rings. The fourth-order valence-corrected chi connectivity index (χ4v) is 1.71. The van der Waals surface area contributed by atoms with E-state index in [1.165, 1.54) is 0 Å². The summed E-state index contributed by atoms with van der Waals surface area (Å²) in [4.78, 5) is 11.3. The molecular weight excluding hydrogens is 314 g/mol. The van der Waals surface area contributed by atoms with Crippen LogP contribution >= 0.6 is 11.6 Å². The summed E-state index contributed by atoms with van der Waals surface area (Å²) in [6.07, 6.45) is -1.14. The van der Waals surface area contributed by atoms with E-state index in [1.54, 1.807) is 12.1 Å². The Bertz CT molecular complexity index is 561. The molecule has 1 amide bonds. The average molecular weight is 336 g/mol. The molecule has 0 aliphatic rings.